The Balaban J connectivity index is 1.77. The van der Waals surface area contributed by atoms with Crippen LogP contribution in [0.4, 0.5) is 11.7 Å². The molecule has 0 aliphatic heterocycles. The van der Waals surface area contributed by atoms with Crippen LogP contribution >= 0.6 is 0 Å². The number of anilines is 2. The zero-order valence-corrected chi connectivity index (χ0v) is 10.9. The first kappa shape index (κ1) is 12.2. The molecule has 3 rings (SSSR count). The molecule has 2 aromatic carbocycles. The molecule has 100 valence electrons. The summed E-state index contributed by atoms with van der Waals surface area (Å²) in [5.41, 5.74) is 1.77. The van der Waals surface area contributed by atoms with Gasteiger partial charge in [0.1, 0.15) is 5.75 Å². The van der Waals surface area contributed by atoms with E-state index < -0.39 is 0 Å². The monoisotopic (exact) mass is 267 g/mol. The highest BCUT2D eigenvalue weighted by atomic mass is 16.5. The van der Waals surface area contributed by atoms with Crippen LogP contribution in [0.25, 0.3) is 11.4 Å². The average molecular weight is 267 g/mol. The second kappa shape index (κ2) is 5.44. The number of nitrogens with one attached hydrogen (secondary N) is 1. The molecule has 1 N–H and O–H groups in total. The van der Waals surface area contributed by atoms with Crippen molar-refractivity contribution >= 4 is 11.7 Å². The summed E-state index contributed by atoms with van der Waals surface area (Å²) in [6, 6.07) is 17.5. The largest absolute Gasteiger partial charge is 0.497 e. The first-order valence-electron chi connectivity index (χ1n) is 6.15. The molecule has 1 aromatic heterocycles. The van der Waals surface area contributed by atoms with Gasteiger partial charge in [-0.25, -0.2) is 0 Å². The lowest BCUT2D eigenvalue weighted by Crippen LogP contribution is -1.90. The summed E-state index contributed by atoms with van der Waals surface area (Å²) in [4.78, 5) is 4.30. The number of ether oxygens (including phenoxy) is 1. The van der Waals surface area contributed by atoms with Crippen molar-refractivity contribution in [1.29, 1.82) is 0 Å². The Morgan fingerprint density at radius 2 is 1.75 bits per heavy atom. The van der Waals surface area contributed by atoms with Crippen molar-refractivity contribution in [2.75, 3.05) is 12.4 Å². The maximum absolute atomic E-state index is 5.18. The van der Waals surface area contributed by atoms with E-state index in [0.29, 0.717) is 11.8 Å². The van der Waals surface area contributed by atoms with Gasteiger partial charge in [0.25, 0.3) is 0 Å². The third kappa shape index (κ3) is 2.61. The molecular weight excluding hydrogens is 254 g/mol. The van der Waals surface area contributed by atoms with Crippen LogP contribution in [0, 0.1) is 0 Å². The zero-order valence-electron chi connectivity index (χ0n) is 10.9. The van der Waals surface area contributed by atoms with E-state index in [1.54, 1.807) is 7.11 Å². The Bertz CT molecular complexity index is 678. The molecule has 3 aromatic rings. The van der Waals surface area contributed by atoms with Crippen LogP contribution in [0.1, 0.15) is 0 Å². The molecule has 0 saturated heterocycles. The second-order valence-electron chi connectivity index (χ2n) is 4.14. The smallest absolute Gasteiger partial charge is 0.326 e. The lowest BCUT2D eigenvalue weighted by Gasteiger charge is -2.02. The number of aromatic nitrogens is 2. The van der Waals surface area contributed by atoms with Gasteiger partial charge in [-0.15, -0.1) is 0 Å². The third-order valence-electron chi connectivity index (χ3n) is 2.80. The second-order valence-corrected chi connectivity index (χ2v) is 4.14. The van der Waals surface area contributed by atoms with E-state index in [9.17, 15) is 0 Å². The summed E-state index contributed by atoms with van der Waals surface area (Å²) in [6.45, 7) is 0. The molecule has 0 saturated carbocycles. The summed E-state index contributed by atoms with van der Waals surface area (Å²) < 4.78 is 10.3. The van der Waals surface area contributed by atoms with Crippen molar-refractivity contribution in [3.05, 3.63) is 54.6 Å². The van der Waals surface area contributed by atoms with Gasteiger partial charge in [0.2, 0.25) is 5.82 Å². The molecule has 0 radical (unpaired) electrons. The van der Waals surface area contributed by atoms with Crippen LogP contribution in [0.2, 0.25) is 0 Å². The minimum Gasteiger partial charge on any atom is -0.497 e. The van der Waals surface area contributed by atoms with Crippen LogP contribution in [-0.4, -0.2) is 17.3 Å². The normalized spacial score (nSPS) is 10.2. The number of methoxy groups -OCH3 is 1. The van der Waals surface area contributed by atoms with E-state index in [2.05, 4.69) is 15.5 Å². The molecule has 0 spiro atoms. The lowest BCUT2D eigenvalue weighted by atomic mass is 10.2. The predicted molar refractivity (Wildman–Crippen MR) is 76.0 cm³/mol. The summed E-state index contributed by atoms with van der Waals surface area (Å²) in [7, 11) is 1.63. The standard InChI is InChI=1S/C15H13N3O2/c1-19-13-9-7-12(8-10-13)16-15-17-14(18-20-15)11-5-3-2-4-6-11/h2-10H,1H3,(H,16,17,18). The molecule has 0 unspecified atom stereocenters. The maximum Gasteiger partial charge on any atom is 0.326 e. The van der Waals surface area contributed by atoms with Crippen molar-refractivity contribution in [3.63, 3.8) is 0 Å². The van der Waals surface area contributed by atoms with Gasteiger partial charge in [-0.3, -0.25) is 0 Å². The fourth-order valence-electron chi connectivity index (χ4n) is 1.78. The number of hydrogen-bond donors (Lipinski definition) is 1. The van der Waals surface area contributed by atoms with Gasteiger partial charge < -0.3 is 14.6 Å². The van der Waals surface area contributed by atoms with Gasteiger partial charge in [0, 0.05) is 11.3 Å². The van der Waals surface area contributed by atoms with Gasteiger partial charge in [-0.1, -0.05) is 35.5 Å². The Morgan fingerprint density at radius 1 is 1.00 bits per heavy atom. The molecule has 1 heterocycles. The maximum atomic E-state index is 5.18. The highest BCUT2D eigenvalue weighted by Gasteiger charge is 2.08. The summed E-state index contributed by atoms with van der Waals surface area (Å²) >= 11 is 0. The van der Waals surface area contributed by atoms with Gasteiger partial charge >= 0.3 is 6.01 Å². The fourth-order valence-corrected chi connectivity index (χ4v) is 1.78. The molecular formula is C15H13N3O2. The van der Waals surface area contributed by atoms with Gasteiger partial charge in [-0.2, -0.15) is 4.98 Å². The van der Waals surface area contributed by atoms with Gasteiger partial charge in [0.15, 0.2) is 0 Å². The highest BCUT2D eigenvalue weighted by Crippen LogP contribution is 2.21. The predicted octanol–water partition coefficient (Wildman–Crippen LogP) is 3.49. The Hall–Kier alpha value is -2.82. The van der Waals surface area contributed by atoms with Crippen LogP contribution in [-0.2, 0) is 0 Å². The molecule has 5 heteroatoms. The Labute approximate surface area is 116 Å². The van der Waals surface area contributed by atoms with Crippen molar-refractivity contribution in [2.24, 2.45) is 0 Å². The fraction of sp³-hybridized carbons (Fsp3) is 0.0667. The third-order valence-corrected chi connectivity index (χ3v) is 2.80. The quantitative estimate of drug-likeness (QED) is 0.784. The van der Waals surface area contributed by atoms with Gasteiger partial charge in [-0.05, 0) is 24.3 Å². The SMILES string of the molecule is COc1ccc(Nc2nc(-c3ccccc3)no2)cc1. The van der Waals surface area contributed by atoms with Crippen LogP contribution in [0.3, 0.4) is 0 Å². The Morgan fingerprint density at radius 3 is 2.45 bits per heavy atom. The lowest BCUT2D eigenvalue weighted by molar-refractivity contribution is 0.415. The minimum atomic E-state index is 0.356. The van der Waals surface area contributed by atoms with E-state index in [1.165, 1.54) is 0 Å². The summed E-state index contributed by atoms with van der Waals surface area (Å²) in [5, 5.41) is 6.99. The molecule has 0 atom stereocenters. The summed E-state index contributed by atoms with van der Waals surface area (Å²) in [5.74, 6) is 1.35. The molecule has 0 fully saturated rings. The summed E-state index contributed by atoms with van der Waals surface area (Å²) in [6.07, 6.45) is 0. The molecule has 0 amide bonds. The zero-order chi connectivity index (χ0) is 13.8. The molecule has 5 nitrogen and oxygen atoms in total. The first-order valence-corrected chi connectivity index (χ1v) is 6.15. The van der Waals surface area contributed by atoms with Crippen molar-refractivity contribution in [1.82, 2.24) is 10.1 Å². The minimum absolute atomic E-state index is 0.356. The number of rotatable bonds is 4. The van der Waals surface area contributed by atoms with E-state index in [0.717, 1.165) is 17.0 Å². The van der Waals surface area contributed by atoms with E-state index >= 15 is 0 Å². The van der Waals surface area contributed by atoms with E-state index in [-0.39, 0.29) is 0 Å². The number of benzene rings is 2. The van der Waals surface area contributed by atoms with Crippen molar-refractivity contribution in [3.8, 4) is 17.1 Å². The van der Waals surface area contributed by atoms with Crippen molar-refractivity contribution in [2.45, 2.75) is 0 Å². The first-order chi connectivity index (χ1) is 9.85. The van der Waals surface area contributed by atoms with Crippen LogP contribution < -0.4 is 10.1 Å². The van der Waals surface area contributed by atoms with Crippen LogP contribution in [0.15, 0.2) is 59.1 Å². The molecule has 0 aliphatic carbocycles. The van der Waals surface area contributed by atoms with E-state index in [1.807, 2.05) is 54.6 Å². The van der Waals surface area contributed by atoms with E-state index in [4.69, 9.17) is 9.26 Å². The molecule has 20 heavy (non-hydrogen) atoms. The Kier molecular flexibility index (Phi) is 3.33. The number of hydrogen-bond acceptors (Lipinski definition) is 5. The van der Waals surface area contributed by atoms with Crippen molar-refractivity contribution < 1.29 is 9.26 Å². The molecule has 0 aliphatic rings. The topological polar surface area (TPSA) is 60.2 Å². The van der Waals surface area contributed by atoms with Crippen LogP contribution in [0.5, 0.6) is 5.75 Å². The molecule has 0 bridgehead atoms. The van der Waals surface area contributed by atoms with Gasteiger partial charge in [0.05, 0.1) is 7.11 Å². The highest BCUT2D eigenvalue weighted by molar-refractivity contribution is 5.58. The average Bonchev–Trinajstić information content (AvgIpc) is 2.97. The number of nitrogens with zero attached hydrogens (tertiary/aromatic N) is 2.